The molecule has 0 saturated heterocycles. The van der Waals surface area contributed by atoms with Gasteiger partial charge in [0.15, 0.2) is 0 Å². The molecule has 1 amide bonds. The Balaban J connectivity index is 0. The summed E-state index contributed by atoms with van der Waals surface area (Å²) in [6, 6.07) is 5.92. The lowest BCUT2D eigenvalue weighted by molar-refractivity contribution is -0.119. The summed E-state index contributed by atoms with van der Waals surface area (Å²) in [5.41, 5.74) is 8.95. The van der Waals surface area contributed by atoms with Crippen LogP contribution in [0.25, 0.3) is 0 Å². The Labute approximate surface area is 140 Å². The van der Waals surface area contributed by atoms with Crippen LogP contribution >= 0.6 is 24.8 Å². The molecule has 2 unspecified atom stereocenters. The number of aryl methyl sites for hydroxylation is 1. The second kappa shape index (κ2) is 10.0. The maximum atomic E-state index is 12.1. The van der Waals surface area contributed by atoms with Crippen LogP contribution in [0.1, 0.15) is 25.0 Å². The molecule has 0 bridgehead atoms. The highest BCUT2D eigenvalue weighted by atomic mass is 35.5. The molecule has 0 heterocycles. The van der Waals surface area contributed by atoms with Gasteiger partial charge in [-0.3, -0.25) is 4.79 Å². The predicted molar refractivity (Wildman–Crippen MR) is 94.5 cm³/mol. The van der Waals surface area contributed by atoms with Crippen LogP contribution in [0.4, 0.5) is 5.69 Å². The van der Waals surface area contributed by atoms with E-state index < -0.39 is 0 Å². The van der Waals surface area contributed by atoms with Crippen LogP contribution in [0.5, 0.6) is 0 Å². The first-order chi connectivity index (χ1) is 8.81. The van der Waals surface area contributed by atoms with Gasteiger partial charge in [-0.1, -0.05) is 24.6 Å². The fourth-order valence-electron chi connectivity index (χ4n) is 1.80. The normalized spacial score (nSPS) is 12.9. The predicted octanol–water partition coefficient (Wildman–Crippen LogP) is 2.82. The third-order valence-corrected chi connectivity index (χ3v) is 3.21. The minimum Gasteiger partial charge on any atom is -0.327 e. The van der Waals surface area contributed by atoms with Gasteiger partial charge in [0.25, 0.3) is 0 Å². The van der Waals surface area contributed by atoms with E-state index in [1.165, 1.54) is 5.56 Å². The smallest absolute Gasteiger partial charge is 0.228 e. The first-order valence-corrected chi connectivity index (χ1v) is 6.62. The van der Waals surface area contributed by atoms with Gasteiger partial charge in [-0.05, 0) is 39.6 Å². The van der Waals surface area contributed by atoms with E-state index in [2.05, 4.69) is 23.2 Å². The molecule has 0 saturated carbocycles. The van der Waals surface area contributed by atoms with Crippen molar-refractivity contribution in [2.45, 2.75) is 33.4 Å². The molecule has 1 aromatic carbocycles. The second-order valence-electron chi connectivity index (χ2n) is 5.54. The number of halogens is 2. The van der Waals surface area contributed by atoms with Crippen molar-refractivity contribution in [2.75, 3.05) is 19.4 Å². The maximum Gasteiger partial charge on any atom is 0.228 e. The van der Waals surface area contributed by atoms with E-state index in [-0.39, 0.29) is 42.7 Å². The molecule has 0 aliphatic heterocycles. The largest absolute Gasteiger partial charge is 0.327 e. The maximum absolute atomic E-state index is 12.1. The Morgan fingerprint density at radius 3 is 2.33 bits per heavy atom. The minimum absolute atomic E-state index is 0. The van der Waals surface area contributed by atoms with E-state index in [4.69, 9.17) is 5.73 Å². The van der Waals surface area contributed by atoms with E-state index in [0.717, 1.165) is 17.8 Å². The van der Waals surface area contributed by atoms with Gasteiger partial charge in [0.05, 0.1) is 5.92 Å². The van der Waals surface area contributed by atoms with Gasteiger partial charge in [0.2, 0.25) is 5.91 Å². The van der Waals surface area contributed by atoms with Crippen LogP contribution in [0.2, 0.25) is 0 Å². The summed E-state index contributed by atoms with van der Waals surface area (Å²) in [5, 5.41) is 2.98. The average molecular weight is 336 g/mol. The molecule has 122 valence electrons. The molecule has 1 aromatic rings. The number of nitrogens with zero attached hydrogens (tertiary/aromatic N) is 1. The molecule has 0 aromatic heterocycles. The Morgan fingerprint density at radius 2 is 1.86 bits per heavy atom. The van der Waals surface area contributed by atoms with E-state index in [1.807, 2.05) is 40.1 Å². The fraction of sp³-hybridized carbons (Fsp3) is 0.533. The number of carbonyl (C=O) groups is 1. The number of nitrogens with one attached hydrogen (secondary N) is 1. The summed E-state index contributed by atoms with van der Waals surface area (Å²) in [6.07, 6.45) is 0. The average Bonchev–Trinajstić information content (AvgIpc) is 2.30. The lowest BCUT2D eigenvalue weighted by Gasteiger charge is -2.19. The van der Waals surface area contributed by atoms with Crippen molar-refractivity contribution in [3.8, 4) is 0 Å². The van der Waals surface area contributed by atoms with Crippen LogP contribution in [0, 0.1) is 12.8 Å². The molecule has 21 heavy (non-hydrogen) atoms. The third-order valence-electron chi connectivity index (χ3n) is 3.21. The SMILES string of the molecule is Cc1ccc(NC(=O)C(C)C(C)N)c(CN(C)C)c1.Cl.Cl. The zero-order valence-corrected chi connectivity index (χ0v) is 15.0. The molecule has 0 fully saturated rings. The second-order valence-corrected chi connectivity index (χ2v) is 5.54. The summed E-state index contributed by atoms with van der Waals surface area (Å²) in [6.45, 7) is 6.54. The van der Waals surface area contributed by atoms with Crippen LogP contribution in [0.3, 0.4) is 0 Å². The summed E-state index contributed by atoms with van der Waals surface area (Å²) >= 11 is 0. The van der Waals surface area contributed by atoms with Gasteiger partial charge in [0, 0.05) is 18.3 Å². The van der Waals surface area contributed by atoms with Crippen molar-refractivity contribution in [1.82, 2.24) is 4.90 Å². The van der Waals surface area contributed by atoms with Crippen molar-refractivity contribution < 1.29 is 4.79 Å². The number of anilines is 1. The van der Waals surface area contributed by atoms with Gasteiger partial charge in [0.1, 0.15) is 0 Å². The summed E-state index contributed by atoms with van der Waals surface area (Å²) in [4.78, 5) is 14.2. The van der Waals surface area contributed by atoms with E-state index in [0.29, 0.717) is 0 Å². The molecule has 2 atom stereocenters. The molecule has 0 aliphatic rings. The molecule has 0 aliphatic carbocycles. The molecule has 0 spiro atoms. The topological polar surface area (TPSA) is 58.4 Å². The van der Waals surface area contributed by atoms with Crippen molar-refractivity contribution >= 4 is 36.4 Å². The number of carbonyl (C=O) groups excluding carboxylic acids is 1. The van der Waals surface area contributed by atoms with Gasteiger partial charge in [-0.15, -0.1) is 24.8 Å². The van der Waals surface area contributed by atoms with Crippen molar-refractivity contribution in [2.24, 2.45) is 11.7 Å². The van der Waals surface area contributed by atoms with Crippen molar-refractivity contribution in [3.63, 3.8) is 0 Å². The lowest BCUT2D eigenvalue weighted by atomic mass is 10.0. The fourth-order valence-corrected chi connectivity index (χ4v) is 1.80. The molecule has 0 radical (unpaired) electrons. The highest BCUT2D eigenvalue weighted by Gasteiger charge is 2.18. The Kier molecular flexibility index (Phi) is 10.7. The lowest BCUT2D eigenvalue weighted by Crippen LogP contribution is -2.34. The number of nitrogens with two attached hydrogens (primary N) is 1. The quantitative estimate of drug-likeness (QED) is 0.869. The van der Waals surface area contributed by atoms with Crippen LogP contribution in [-0.2, 0) is 11.3 Å². The van der Waals surface area contributed by atoms with Crippen LogP contribution < -0.4 is 11.1 Å². The molecule has 6 heteroatoms. The van der Waals surface area contributed by atoms with Gasteiger partial charge in [-0.2, -0.15) is 0 Å². The molecular weight excluding hydrogens is 309 g/mol. The Hall–Kier alpha value is -0.810. The number of hydrogen-bond donors (Lipinski definition) is 2. The summed E-state index contributed by atoms with van der Waals surface area (Å²) < 4.78 is 0. The third kappa shape index (κ3) is 7.14. The minimum atomic E-state index is -0.200. The summed E-state index contributed by atoms with van der Waals surface area (Å²) in [5.74, 6) is -0.229. The van der Waals surface area contributed by atoms with Crippen molar-refractivity contribution in [1.29, 1.82) is 0 Å². The molecule has 1 rings (SSSR count). The first-order valence-electron chi connectivity index (χ1n) is 6.62. The molecule has 4 nitrogen and oxygen atoms in total. The standard InChI is InChI=1S/C15H25N3O.2ClH/c1-10-6-7-14(13(8-10)9-18(4)5)17-15(19)11(2)12(3)16;;/h6-8,11-12H,9,16H2,1-5H3,(H,17,19);2*1H. The monoisotopic (exact) mass is 335 g/mol. The number of benzene rings is 1. The van der Waals surface area contributed by atoms with E-state index >= 15 is 0 Å². The highest BCUT2D eigenvalue weighted by molar-refractivity contribution is 5.93. The van der Waals surface area contributed by atoms with Gasteiger partial charge >= 0.3 is 0 Å². The zero-order chi connectivity index (χ0) is 14.6. The number of rotatable bonds is 5. The van der Waals surface area contributed by atoms with Crippen molar-refractivity contribution in [3.05, 3.63) is 29.3 Å². The highest BCUT2D eigenvalue weighted by Crippen LogP contribution is 2.19. The molecular formula is C15H27Cl2N3O. The number of amides is 1. The first kappa shape index (κ1) is 22.5. The Bertz CT molecular complexity index is 451. The van der Waals surface area contributed by atoms with Gasteiger partial charge < -0.3 is 16.0 Å². The zero-order valence-electron chi connectivity index (χ0n) is 13.3. The van der Waals surface area contributed by atoms with Gasteiger partial charge in [-0.25, -0.2) is 0 Å². The number of hydrogen-bond acceptors (Lipinski definition) is 3. The summed E-state index contributed by atoms with van der Waals surface area (Å²) in [7, 11) is 4.02. The van der Waals surface area contributed by atoms with Crippen LogP contribution in [-0.4, -0.2) is 30.9 Å². The van der Waals surface area contributed by atoms with Crippen LogP contribution in [0.15, 0.2) is 18.2 Å². The Morgan fingerprint density at radius 1 is 1.29 bits per heavy atom. The van der Waals surface area contributed by atoms with E-state index in [1.54, 1.807) is 0 Å². The molecule has 3 N–H and O–H groups in total. The van der Waals surface area contributed by atoms with E-state index in [9.17, 15) is 4.79 Å².